The number of aryl methyl sites for hydroxylation is 1. The van der Waals surface area contributed by atoms with Crippen LogP contribution in [0.4, 0.5) is 5.69 Å². The number of anilines is 1. The van der Waals surface area contributed by atoms with Gasteiger partial charge in [-0.05, 0) is 48.9 Å². The van der Waals surface area contributed by atoms with Crippen LogP contribution < -0.4 is 10.1 Å². The normalized spacial score (nSPS) is 12.3. The molecule has 0 saturated carbocycles. The lowest BCUT2D eigenvalue weighted by molar-refractivity contribution is -0.118. The average Bonchev–Trinajstić information content (AvgIpc) is 3.41. The van der Waals surface area contributed by atoms with Gasteiger partial charge in [-0.15, -0.1) is 11.3 Å². The SMILES string of the molecule is CCOC(=O)c1nc(-c2cccs2)n2c1CCc1cc(OC)c(NC(=O)C(C)C)cc1-2. The number of imidazole rings is 1. The van der Waals surface area contributed by atoms with Gasteiger partial charge < -0.3 is 14.8 Å². The third kappa shape index (κ3) is 3.83. The fraction of sp³-hybridized carbons (Fsp3) is 0.348. The second-order valence-corrected chi connectivity index (χ2v) is 8.54. The van der Waals surface area contributed by atoms with E-state index in [0.29, 0.717) is 36.0 Å². The van der Waals surface area contributed by atoms with Gasteiger partial charge in [-0.2, -0.15) is 0 Å². The summed E-state index contributed by atoms with van der Waals surface area (Å²) in [5.74, 6) is 0.631. The molecule has 1 amide bonds. The van der Waals surface area contributed by atoms with Crippen molar-refractivity contribution in [3.05, 3.63) is 46.6 Å². The molecule has 4 rings (SSSR count). The lowest BCUT2D eigenvalue weighted by atomic mass is 9.99. The van der Waals surface area contributed by atoms with Gasteiger partial charge in [0.1, 0.15) is 5.75 Å². The first-order chi connectivity index (χ1) is 14.9. The first-order valence-corrected chi connectivity index (χ1v) is 11.2. The molecule has 0 aliphatic carbocycles. The highest BCUT2D eigenvalue weighted by atomic mass is 32.1. The van der Waals surface area contributed by atoms with Crippen LogP contribution in [0.3, 0.4) is 0 Å². The van der Waals surface area contributed by atoms with Crippen LogP contribution in [-0.4, -0.2) is 35.1 Å². The molecule has 0 saturated heterocycles. The lowest BCUT2D eigenvalue weighted by Gasteiger charge is -2.24. The van der Waals surface area contributed by atoms with E-state index in [9.17, 15) is 9.59 Å². The molecule has 3 aromatic rings. The predicted octanol–water partition coefficient (Wildman–Crippen LogP) is 4.48. The highest BCUT2D eigenvalue weighted by Crippen LogP contribution is 2.39. The van der Waals surface area contributed by atoms with E-state index in [4.69, 9.17) is 14.5 Å². The Kier molecular flexibility index (Phi) is 5.82. The number of amides is 1. The van der Waals surface area contributed by atoms with Crippen molar-refractivity contribution in [1.29, 1.82) is 0 Å². The Bertz CT molecular complexity index is 1130. The number of fused-ring (bicyclic) bond motifs is 3. The number of carbonyl (C=O) groups excluding carboxylic acids is 2. The van der Waals surface area contributed by atoms with Gasteiger partial charge in [-0.25, -0.2) is 9.78 Å². The van der Waals surface area contributed by atoms with Crippen LogP contribution in [0.1, 0.15) is 42.5 Å². The van der Waals surface area contributed by atoms with Gasteiger partial charge in [0.2, 0.25) is 5.91 Å². The summed E-state index contributed by atoms with van der Waals surface area (Å²) < 4.78 is 12.8. The van der Waals surface area contributed by atoms with Crippen molar-refractivity contribution in [3.63, 3.8) is 0 Å². The molecule has 0 bridgehead atoms. The number of rotatable bonds is 6. The van der Waals surface area contributed by atoms with Gasteiger partial charge in [0, 0.05) is 5.92 Å². The highest BCUT2D eigenvalue weighted by molar-refractivity contribution is 7.13. The maximum absolute atomic E-state index is 12.6. The van der Waals surface area contributed by atoms with Crippen molar-refractivity contribution in [1.82, 2.24) is 9.55 Å². The Labute approximate surface area is 185 Å². The molecular weight excluding hydrogens is 414 g/mol. The maximum atomic E-state index is 12.6. The number of aromatic nitrogens is 2. The van der Waals surface area contributed by atoms with Crippen molar-refractivity contribution < 1.29 is 19.1 Å². The Hall–Kier alpha value is -3.13. The predicted molar refractivity (Wildman–Crippen MR) is 120 cm³/mol. The lowest BCUT2D eigenvalue weighted by Crippen LogP contribution is -2.20. The number of nitrogens with one attached hydrogen (secondary N) is 1. The summed E-state index contributed by atoms with van der Waals surface area (Å²) in [6.45, 7) is 5.76. The number of nitrogens with zero attached hydrogens (tertiary/aromatic N) is 2. The van der Waals surface area contributed by atoms with Gasteiger partial charge in [0.15, 0.2) is 11.5 Å². The van der Waals surface area contributed by atoms with Crippen molar-refractivity contribution >= 4 is 28.9 Å². The number of methoxy groups -OCH3 is 1. The smallest absolute Gasteiger partial charge is 0.358 e. The van der Waals surface area contributed by atoms with Gasteiger partial charge >= 0.3 is 5.97 Å². The molecule has 1 N–H and O–H groups in total. The van der Waals surface area contributed by atoms with Gasteiger partial charge in [-0.1, -0.05) is 19.9 Å². The van der Waals surface area contributed by atoms with Gasteiger partial charge in [0.25, 0.3) is 0 Å². The largest absolute Gasteiger partial charge is 0.495 e. The summed E-state index contributed by atoms with van der Waals surface area (Å²) in [4.78, 5) is 30.6. The summed E-state index contributed by atoms with van der Waals surface area (Å²) in [6.07, 6.45) is 1.38. The first-order valence-electron chi connectivity index (χ1n) is 10.3. The van der Waals surface area contributed by atoms with Crippen LogP contribution in [0, 0.1) is 5.92 Å². The molecule has 31 heavy (non-hydrogen) atoms. The summed E-state index contributed by atoms with van der Waals surface area (Å²) in [5, 5.41) is 4.94. The second kappa shape index (κ2) is 8.55. The molecule has 1 aliphatic heterocycles. The Morgan fingerprint density at radius 3 is 2.74 bits per heavy atom. The molecule has 3 heterocycles. The number of carbonyl (C=O) groups is 2. The topological polar surface area (TPSA) is 82.4 Å². The molecule has 0 unspecified atom stereocenters. The van der Waals surface area contributed by atoms with Crippen molar-refractivity contribution in [2.75, 3.05) is 19.0 Å². The summed E-state index contributed by atoms with van der Waals surface area (Å²) in [7, 11) is 1.59. The van der Waals surface area contributed by atoms with E-state index in [1.165, 1.54) is 0 Å². The van der Waals surface area contributed by atoms with Crippen LogP contribution in [-0.2, 0) is 22.4 Å². The Balaban J connectivity index is 1.91. The fourth-order valence-electron chi connectivity index (χ4n) is 3.69. The zero-order chi connectivity index (χ0) is 22.1. The number of esters is 1. The molecule has 0 radical (unpaired) electrons. The van der Waals surface area contributed by atoms with Gasteiger partial charge in [0.05, 0.1) is 35.7 Å². The van der Waals surface area contributed by atoms with Crippen LogP contribution in [0.25, 0.3) is 16.4 Å². The molecular formula is C23H25N3O4S. The highest BCUT2D eigenvalue weighted by Gasteiger charge is 2.30. The minimum atomic E-state index is -0.417. The maximum Gasteiger partial charge on any atom is 0.358 e. The van der Waals surface area contributed by atoms with E-state index in [0.717, 1.165) is 28.2 Å². The van der Waals surface area contributed by atoms with E-state index >= 15 is 0 Å². The number of ether oxygens (including phenoxy) is 2. The van der Waals surface area contributed by atoms with E-state index < -0.39 is 5.97 Å². The van der Waals surface area contributed by atoms with Crippen molar-refractivity contribution in [3.8, 4) is 22.1 Å². The van der Waals surface area contributed by atoms with Crippen LogP contribution >= 0.6 is 11.3 Å². The minimum absolute atomic E-state index is 0.0920. The molecule has 8 heteroatoms. The quantitative estimate of drug-likeness (QED) is 0.573. The standard InChI is InChI=1S/C23H25N3O4S/c1-5-30-23(28)20-16-9-8-14-11-18(29-4)15(24-22(27)13(2)3)12-17(14)26(16)21(25-20)19-7-6-10-31-19/h6-7,10-13H,5,8-9H2,1-4H3,(H,24,27). The molecule has 0 atom stereocenters. The number of thiophene rings is 1. The van der Waals surface area contributed by atoms with Crippen molar-refractivity contribution in [2.45, 2.75) is 33.6 Å². The van der Waals surface area contributed by atoms with E-state index in [1.807, 2.05) is 48.1 Å². The molecule has 0 fully saturated rings. The molecule has 0 spiro atoms. The Morgan fingerprint density at radius 2 is 2.10 bits per heavy atom. The average molecular weight is 440 g/mol. The Morgan fingerprint density at radius 1 is 1.29 bits per heavy atom. The van der Waals surface area contributed by atoms with Crippen LogP contribution in [0.5, 0.6) is 5.75 Å². The molecule has 2 aromatic heterocycles. The number of hydrogen-bond donors (Lipinski definition) is 1. The van der Waals surface area contributed by atoms with Gasteiger partial charge in [-0.3, -0.25) is 9.36 Å². The summed E-state index contributed by atoms with van der Waals surface area (Å²) in [6, 6.07) is 7.80. The third-order valence-electron chi connectivity index (χ3n) is 5.24. The number of hydrogen-bond acceptors (Lipinski definition) is 6. The zero-order valence-corrected chi connectivity index (χ0v) is 18.8. The monoisotopic (exact) mass is 439 g/mol. The molecule has 1 aromatic carbocycles. The fourth-order valence-corrected chi connectivity index (χ4v) is 4.40. The van der Waals surface area contributed by atoms with E-state index in [-0.39, 0.29) is 11.8 Å². The number of benzene rings is 1. The first kappa shape index (κ1) is 21.1. The second-order valence-electron chi connectivity index (χ2n) is 7.59. The third-order valence-corrected chi connectivity index (χ3v) is 6.10. The zero-order valence-electron chi connectivity index (χ0n) is 18.0. The summed E-state index contributed by atoms with van der Waals surface area (Å²) in [5.41, 5.74) is 3.71. The van der Waals surface area contributed by atoms with Crippen LogP contribution in [0.15, 0.2) is 29.6 Å². The van der Waals surface area contributed by atoms with E-state index in [2.05, 4.69) is 5.32 Å². The van der Waals surface area contributed by atoms with Crippen LogP contribution in [0.2, 0.25) is 0 Å². The van der Waals surface area contributed by atoms with Crippen molar-refractivity contribution in [2.24, 2.45) is 5.92 Å². The molecule has 7 nitrogen and oxygen atoms in total. The minimum Gasteiger partial charge on any atom is -0.495 e. The molecule has 1 aliphatic rings. The summed E-state index contributed by atoms with van der Waals surface area (Å²) >= 11 is 1.56. The van der Waals surface area contributed by atoms with E-state index in [1.54, 1.807) is 25.4 Å². The molecule has 162 valence electrons.